The van der Waals surface area contributed by atoms with E-state index < -0.39 is 27.3 Å². The lowest BCUT2D eigenvalue weighted by Gasteiger charge is -2.09. The predicted molar refractivity (Wildman–Crippen MR) is 71.2 cm³/mol. The molecule has 0 bridgehead atoms. The smallest absolute Gasteiger partial charge is 0.463 e. The van der Waals surface area contributed by atoms with E-state index in [4.69, 9.17) is 0 Å². The third kappa shape index (κ3) is 3.45. The Balaban J connectivity index is 2.28. The molecule has 24 heavy (non-hydrogen) atoms. The molecule has 130 valence electrons. The van der Waals surface area contributed by atoms with Gasteiger partial charge in [0.25, 0.3) is 5.82 Å². The third-order valence-electron chi connectivity index (χ3n) is 2.59. The highest BCUT2D eigenvalue weighted by Gasteiger charge is 2.48. The number of ether oxygens (including phenoxy) is 1. The standard InChI is InChI=1S/C11H9F3N4O5S/c1-18-9(16-8(17-18)10(19)22-2)7-4-3-6(5-15-7)23-24(20,21)11(12,13)14/h3-5H,1-2H3. The summed E-state index contributed by atoms with van der Waals surface area (Å²) in [6, 6.07) is 2.12. The summed E-state index contributed by atoms with van der Waals surface area (Å²) in [6.07, 6.45) is 0.769. The lowest BCUT2D eigenvalue weighted by molar-refractivity contribution is -0.0500. The summed E-state index contributed by atoms with van der Waals surface area (Å²) in [5.41, 5.74) is -5.43. The molecule has 0 saturated carbocycles. The normalized spacial score (nSPS) is 12.0. The van der Waals surface area contributed by atoms with Crippen molar-refractivity contribution in [3.05, 3.63) is 24.2 Å². The van der Waals surface area contributed by atoms with Gasteiger partial charge in [0.1, 0.15) is 5.69 Å². The van der Waals surface area contributed by atoms with Crippen LogP contribution in [0.25, 0.3) is 11.5 Å². The lowest BCUT2D eigenvalue weighted by Crippen LogP contribution is -2.28. The largest absolute Gasteiger partial charge is 0.534 e. The summed E-state index contributed by atoms with van der Waals surface area (Å²) < 4.78 is 68.0. The Morgan fingerprint density at radius 2 is 1.96 bits per heavy atom. The first-order chi connectivity index (χ1) is 11.0. The van der Waals surface area contributed by atoms with Gasteiger partial charge in [-0.3, -0.25) is 0 Å². The van der Waals surface area contributed by atoms with Gasteiger partial charge in [-0.1, -0.05) is 0 Å². The van der Waals surface area contributed by atoms with Crippen molar-refractivity contribution in [2.24, 2.45) is 7.05 Å². The van der Waals surface area contributed by atoms with Crippen molar-refractivity contribution < 1.29 is 35.3 Å². The number of nitrogens with zero attached hydrogens (tertiary/aromatic N) is 4. The molecule has 0 aliphatic heterocycles. The zero-order chi connectivity index (χ0) is 18.1. The monoisotopic (exact) mass is 366 g/mol. The van der Waals surface area contributed by atoms with Crippen LogP contribution in [0.15, 0.2) is 18.3 Å². The van der Waals surface area contributed by atoms with Crippen LogP contribution < -0.4 is 4.18 Å². The Morgan fingerprint density at radius 1 is 1.29 bits per heavy atom. The molecule has 13 heteroatoms. The van der Waals surface area contributed by atoms with E-state index in [2.05, 4.69) is 24.0 Å². The molecule has 2 aromatic heterocycles. The van der Waals surface area contributed by atoms with Gasteiger partial charge in [0.15, 0.2) is 11.6 Å². The maximum atomic E-state index is 12.2. The highest BCUT2D eigenvalue weighted by atomic mass is 32.2. The molecule has 0 atom stereocenters. The topological polar surface area (TPSA) is 113 Å². The molecule has 0 aliphatic carbocycles. The molecule has 0 unspecified atom stereocenters. The van der Waals surface area contributed by atoms with Crippen LogP contribution in [0.5, 0.6) is 5.75 Å². The van der Waals surface area contributed by atoms with Crippen molar-refractivity contribution in [2.45, 2.75) is 5.51 Å². The van der Waals surface area contributed by atoms with Gasteiger partial charge in [0, 0.05) is 7.05 Å². The fourth-order valence-electron chi connectivity index (χ4n) is 1.52. The van der Waals surface area contributed by atoms with Crippen molar-refractivity contribution in [3.8, 4) is 17.3 Å². The molecule has 2 heterocycles. The molecule has 0 spiro atoms. The van der Waals surface area contributed by atoms with Crippen LogP contribution in [0.2, 0.25) is 0 Å². The van der Waals surface area contributed by atoms with E-state index in [1.54, 1.807) is 0 Å². The van der Waals surface area contributed by atoms with Crippen LogP contribution in [0, 0.1) is 0 Å². The Labute approximate surface area is 133 Å². The Kier molecular flexibility index (Phi) is 4.46. The first kappa shape index (κ1) is 17.7. The van der Waals surface area contributed by atoms with E-state index >= 15 is 0 Å². The summed E-state index contributed by atoms with van der Waals surface area (Å²) in [6.45, 7) is 0. The van der Waals surface area contributed by atoms with Crippen LogP contribution in [0.4, 0.5) is 13.2 Å². The maximum absolute atomic E-state index is 12.2. The number of halogens is 3. The van der Waals surface area contributed by atoms with E-state index in [1.807, 2.05) is 0 Å². The van der Waals surface area contributed by atoms with Crippen LogP contribution in [-0.4, -0.2) is 46.8 Å². The second-order valence-electron chi connectivity index (χ2n) is 4.24. The van der Waals surface area contributed by atoms with Crippen molar-refractivity contribution in [1.82, 2.24) is 19.7 Å². The Morgan fingerprint density at radius 3 is 2.46 bits per heavy atom. The van der Waals surface area contributed by atoms with Crippen molar-refractivity contribution in [2.75, 3.05) is 7.11 Å². The van der Waals surface area contributed by atoms with E-state index in [0.717, 1.165) is 25.4 Å². The van der Waals surface area contributed by atoms with Crippen LogP contribution in [0.3, 0.4) is 0 Å². The average Bonchev–Trinajstić information content (AvgIpc) is 2.87. The molecule has 0 fully saturated rings. The number of hydrogen-bond acceptors (Lipinski definition) is 8. The van der Waals surface area contributed by atoms with E-state index in [1.165, 1.54) is 11.7 Å². The number of esters is 1. The molecular weight excluding hydrogens is 357 g/mol. The minimum atomic E-state index is -5.78. The second kappa shape index (κ2) is 6.07. The number of pyridine rings is 1. The molecule has 0 amide bonds. The maximum Gasteiger partial charge on any atom is 0.534 e. The van der Waals surface area contributed by atoms with Crippen molar-refractivity contribution in [3.63, 3.8) is 0 Å². The first-order valence-electron chi connectivity index (χ1n) is 6.01. The quantitative estimate of drug-likeness (QED) is 0.445. The summed E-state index contributed by atoms with van der Waals surface area (Å²) in [5, 5.41) is 3.79. The van der Waals surface area contributed by atoms with Gasteiger partial charge < -0.3 is 8.92 Å². The SMILES string of the molecule is COC(=O)c1nc(-c2ccc(OS(=O)(=O)C(F)(F)F)cn2)n(C)n1. The summed E-state index contributed by atoms with van der Waals surface area (Å²) >= 11 is 0. The van der Waals surface area contributed by atoms with Gasteiger partial charge in [0.05, 0.1) is 13.3 Å². The highest BCUT2D eigenvalue weighted by molar-refractivity contribution is 7.87. The summed E-state index contributed by atoms with van der Waals surface area (Å²) in [7, 11) is -3.19. The van der Waals surface area contributed by atoms with Gasteiger partial charge in [-0.05, 0) is 12.1 Å². The molecule has 0 radical (unpaired) electrons. The fourth-order valence-corrected chi connectivity index (χ4v) is 1.97. The van der Waals surface area contributed by atoms with Crippen LogP contribution in [-0.2, 0) is 21.9 Å². The van der Waals surface area contributed by atoms with Crippen LogP contribution >= 0.6 is 0 Å². The van der Waals surface area contributed by atoms with Gasteiger partial charge in [-0.25, -0.2) is 14.5 Å². The molecule has 0 N–H and O–H groups in total. The summed E-state index contributed by atoms with van der Waals surface area (Å²) in [4.78, 5) is 19.0. The molecule has 0 aliphatic rings. The number of carbonyl (C=O) groups is 1. The van der Waals surface area contributed by atoms with Crippen molar-refractivity contribution in [1.29, 1.82) is 0 Å². The molecule has 9 nitrogen and oxygen atoms in total. The Bertz CT molecular complexity index is 861. The molecular formula is C11H9F3N4O5S. The first-order valence-corrected chi connectivity index (χ1v) is 7.42. The number of alkyl halides is 3. The van der Waals surface area contributed by atoms with E-state index in [-0.39, 0.29) is 17.3 Å². The molecule has 0 aromatic carbocycles. The van der Waals surface area contributed by atoms with Crippen molar-refractivity contribution >= 4 is 16.1 Å². The molecule has 2 aromatic rings. The number of aromatic nitrogens is 4. The minimum Gasteiger partial charge on any atom is -0.463 e. The average molecular weight is 366 g/mol. The second-order valence-corrected chi connectivity index (χ2v) is 5.77. The number of carbonyl (C=O) groups excluding carboxylic acids is 1. The highest BCUT2D eigenvalue weighted by Crippen LogP contribution is 2.27. The Hall–Kier alpha value is -2.70. The predicted octanol–water partition coefficient (Wildman–Crippen LogP) is 0.892. The number of hydrogen-bond donors (Lipinski definition) is 0. The molecule has 0 saturated heterocycles. The lowest BCUT2D eigenvalue weighted by atomic mass is 10.3. The zero-order valence-electron chi connectivity index (χ0n) is 12.1. The number of rotatable bonds is 4. The van der Waals surface area contributed by atoms with Gasteiger partial charge in [-0.2, -0.15) is 26.6 Å². The minimum absolute atomic E-state index is 0.112. The van der Waals surface area contributed by atoms with Gasteiger partial charge >= 0.3 is 21.6 Å². The summed E-state index contributed by atoms with van der Waals surface area (Å²) in [5.74, 6) is -1.54. The zero-order valence-corrected chi connectivity index (χ0v) is 12.9. The van der Waals surface area contributed by atoms with Gasteiger partial charge in [0.2, 0.25) is 0 Å². The third-order valence-corrected chi connectivity index (χ3v) is 3.56. The van der Waals surface area contributed by atoms with Gasteiger partial charge in [-0.15, -0.1) is 5.10 Å². The van der Waals surface area contributed by atoms with E-state index in [9.17, 15) is 26.4 Å². The molecule has 2 rings (SSSR count). The fraction of sp³-hybridized carbons (Fsp3) is 0.273. The number of aryl methyl sites for hydroxylation is 1. The number of methoxy groups -OCH3 is 1. The van der Waals surface area contributed by atoms with Crippen LogP contribution in [0.1, 0.15) is 10.6 Å². The van der Waals surface area contributed by atoms with E-state index in [0.29, 0.717) is 0 Å².